The van der Waals surface area contributed by atoms with E-state index in [0.29, 0.717) is 13.2 Å². The Balaban J connectivity index is 2.48. The largest absolute Gasteiger partial charge is 0.480 e. The molecule has 0 saturated carbocycles. The summed E-state index contributed by atoms with van der Waals surface area (Å²) >= 11 is 0. The average molecular weight is 287 g/mol. The van der Waals surface area contributed by atoms with Crippen LogP contribution in [0.3, 0.4) is 0 Å². The van der Waals surface area contributed by atoms with Crippen molar-refractivity contribution in [3.05, 3.63) is 0 Å². The zero-order valence-electron chi connectivity index (χ0n) is 11.5. The summed E-state index contributed by atoms with van der Waals surface area (Å²) in [6.45, 7) is 2.89. The third-order valence-corrected chi connectivity index (χ3v) is 3.14. The van der Waals surface area contributed by atoms with Crippen molar-refractivity contribution in [2.75, 3.05) is 13.2 Å². The van der Waals surface area contributed by atoms with Crippen molar-refractivity contribution in [3.8, 4) is 0 Å². The highest BCUT2D eigenvalue weighted by molar-refractivity contribution is 5.83. The zero-order valence-corrected chi connectivity index (χ0v) is 11.5. The Kier molecular flexibility index (Phi) is 5.75. The first-order valence-corrected chi connectivity index (χ1v) is 6.50. The van der Waals surface area contributed by atoms with Crippen molar-refractivity contribution in [1.82, 2.24) is 10.6 Å². The molecule has 8 heteroatoms. The van der Waals surface area contributed by atoms with Crippen LogP contribution in [0.5, 0.6) is 0 Å². The highest BCUT2D eigenvalue weighted by Gasteiger charge is 2.30. The molecule has 1 rings (SSSR count). The molecule has 1 heterocycles. The number of carboxylic acid groups (broad SMARTS) is 1. The van der Waals surface area contributed by atoms with Gasteiger partial charge in [-0.3, -0.25) is 4.79 Å². The van der Waals surface area contributed by atoms with Gasteiger partial charge in [-0.15, -0.1) is 0 Å². The lowest BCUT2D eigenvalue weighted by Crippen LogP contribution is -2.57. The fourth-order valence-corrected chi connectivity index (χ4v) is 2.04. The lowest BCUT2D eigenvalue weighted by Gasteiger charge is -2.34. The van der Waals surface area contributed by atoms with Gasteiger partial charge in [0.05, 0.1) is 12.1 Å². The summed E-state index contributed by atoms with van der Waals surface area (Å²) in [5.41, 5.74) is 4.46. The molecule has 0 aromatic heterocycles. The molecule has 2 atom stereocenters. The molecule has 1 aliphatic heterocycles. The molecule has 0 bridgehead atoms. The van der Waals surface area contributed by atoms with Crippen LogP contribution in [0.15, 0.2) is 0 Å². The van der Waals surface area contributed by atoms with Crippen molar-refractivity contribution in [1.29, 1.82) is 0 Å². The average Bonchev–Trinajstić information content (AvgIpc) is 2.34. The van der Waals surface area contributed by atoms with Gasteiger partial charge in [0.15, 0.2) is 0 Å². The molecule has 1 unspecified atom stereocenters. The number of primary amides is 1. The number of aliphatic carboxylic acids is 1. The van der Waals surface area contributed by atoms with Gasteiger partial charge in [-0.25, -0.2) is 9.59 Å². The highest BCUT2D eigenvalue weighted by atomic mass is 16.5. The molecule has 20 heavy (non-hydrogen) atoms. The second kappa shape index (κ2) is 7.09. The molecule has 0 radical (unpaired) electrons. The van der Waals surface area contributed by atoms with Crippen LogP contribution in [0.4, 0.5) is 4.79 Å². The first-order chi connectivity index (χ1) is 9.32. The van der Waals surface area contributed by atoms with Crippen molar-refractivity contribution in [2.24, 2.45) is 5.73 Å². The first-order valence-electron chi connectivity index (χ1n) is 6.50. The number of rotatable bonds is 6. The molecular formula is C12H21N3O5. The van der Waals surface area contributed by atoms with Gasteiger partial charge in [-0.2, -0.15) is 0 Å². The van der Waals surface area contributed by atoms with Crippen LogP contribution in [0.1, 0.15) is 32.6 Å². The Labute approximate surface area is 117 Å². The van der Waals surface area contributed by atoms with E-state index in [1.807, 2.05) is 6.92 Å². The van der Waals surface area contributed by atoms with Gasteiger partial charge >= 0.3 is 12.0 Å². The van der Waals surface area contributed by atoms with Gasteiger partial charge in [-0.1, -0.05) is 0 Å². The fourth-order valence-electron chi connectivity index (χ4n) is 2.04. The van der Waals surface area contributed by atoms with E-state index in [0.717, 1.165) is 12.8 Å². The fraction of sp³-hybridized carbons (Fsp3) is 0.750. The Morgan fingerprint density at radius 3 is 2.65 bits per heavy atom. The normalized spacial score (nSPS) is 23.6. The molecule has 0 spiro atoms. The monoisotopic (exact) mass is 287 g/mol. The molecule has 1 fully saturated rings. The Hall–Kier alpha value is -1.83. The standard InChI is InChI=1S/C12H21N3O5/c1-12(5-2-6-20-7-12)15-11(19)14-8(10(17)18)3-4-9(13)16/h8H,2-7H2,1H3,(H2,13,16)(H,17,18)(H2,14,15,19)/t8-,12?/m0/s1. The maximum Gasteiger partial charge on any atom is 0.326 e. The molecule has 3 amide bonds. The molecule has 0 aliphatic carbocycles. The van der Waals surface area contributed by atoms with E-state index in [1.165, 1.54) is 0 Å². The first kappa shape index (κ1) is 16.2. The number of urea groups is 1. The van der Waals surface area contributed by atoms with Crippen molar-refractivity contribution in [3.63, 3.8) is 0 Å². The van der Waals surface area contributed by atoms with E-state index < -0.39 is 29.5 Å². The van der Waals surface area contributed by atoms with Crippen molar-refractivity contribution < 1.29 is 24.2 Å². The van der Waals surface area contributed by atoms with Crippen LogP contribution >= 0.6 is 0 Å². The topological polar surface area (TPSA) is 131 Å². The number of nitrogens with two attached hydrogens (primary N) is 1. The molecular weight excluding hydrogens is 266 g/mol. The predicted octanol–water partition coefficient (Wildman–Crippen LogP) is -0.427. The Morgan fingerprint density at radius 1 is 1.45 bits per heavy atom. The third kappa shape index (κ3) is 5.43. The van der Waals surface area contributed by atoms with E-state index in [9.17, 15) is 14.4 Å². The number of ether oxygens (including phenoxy) is 1. The van der Waals surface area contributed by atoms with Gasteiger partial charge in [0, 0.05) is 13.0 Å². The number of amides is 3. The van der Waals surface area contributed by atoms with Gasteiger partial charge in [-0.05, 0) is 26.2 Å². The minimum atomic E-state index is -1.20. The number of carboxylic acids is 1. The molecule has 114 valence electrons. The van der Waals surface area contributed by atoms with Crippen molar-refractivity contribution in [2.45, 2.75) is 44.2 Å². The summed E-state index contributed by atoms with van der Waals surface area (Å²) in [4.78, 5) is 33.5. The SMILES string of the molecule is CC1(NC(=O)N[C@@H](CCC(N)=O)C(=O)O)CCCOC1. The molecule has 0 aromatic carbocycles. The molecule has 1 saturated heterocycles. The van der Waals surface area contributed by atoms with E-state index in [2.05, 4.69) is 10.6 Å². The number of carbonyl (C=O) groups excluding carboxylic acids is 2. The number of hydrogen-bond donors (Lipinski definition) is 4. The predicted molar refractivity (Wildman–Crippen MR) is 70.0 cm³/mol. The Morgan fingerprint density at radius 2 is 2.15 bits per heavy atom. The smallest absolute Gasteiger partial charge is 0.326 e. The quantitative estimate of drug-likeness (QED) is 0.526. The zero-order chi connectivity index (χ0) is 15.2. The van der Waals surface area contributed by atoms with Crippen molar-refractivity contribution >= 4 is 17.9 Å². The van der Waals surface area contributed by atoms with E-state index >= 15 is 0 Å². The summed E-state index contributed by atoms with van der Waals surface area (Å²) in [6, 6.07) is -1.73. The minimum Gasteiger partial charge on any atom is -0.480 e. The maximum absolute atomic E-state index is 11.8. The maximum atomic E-state index is 11.8. The van der Waals surface area contributed by atoms with Gasteiger partial charge in [0.2, 0.25) is 5.91 Å². The third-order valence-electron chi connectivity index (χ3n) is 3.14. The molecule has 0 aromatic rings. The van der Waals surface area contributed by atoms with Crippen LogP contribution in [0, 0.1) is 0 Å². The highest BCUT2D eigenvalue weighted by Crippen LogP contribution is 2.18. The Bertz CT molecular complexity index is 379. The van der Waals surface area contributed by atoms with Crippen LogP contribution in [-0.4, -0.2) is 47.8 Å². The number of hydrogen-bond acceptors (Lipinski definition) is 4. The summed E-state index contributed by atoms with van der Waals surface area (Å²) in [7, 11) is 0. The van der Waals surface area contributed by atoms with E-state index in [-0.39, 0.29) is 12.8 Å². The lowest BCUT2D eigenvalue weighted by atomic mass is 9.95. The number of nitrogens with one attached hydrogen (secondary N) is 2. The summed E-state index contributed by atoms with van der Waals surface area (Å²) < 4.78 is 5.30. The molecule has 1 aliphatic rings. The summed E-state index contributed by atoms with van der Waals surface area (Å²) in [5.74, 6) is -1.81. The van der Waals surface area contributed by atoms with Crippen LogP contribution in [0.2, 0.25) is 0 Å². The lowest BCUT2D eigenvalue weighted by molar-refractivity contribution is -0.139. The summed E-state index contributed by atoms with van der Waals surface area (Å²) in [5, 5.41) is 14.0. The second-order valence-electron chi connectivity index (χ2n) is 5.21. The van der Waals surface area contributed by atoms with Gasteiger partial charge in [0.1, 0.15) is 6.04 Å². The van der Waals surface area contributed by atoms with Gasteiger partial charge in [0.25, 0.3) is 0 Å². The van der Waals surface area contributed by atoms with E-state index in [4.69, 9.17) is 15.6 Å². The summed E-state index contributed by atoms with van der Waals surface area (Å²) in [6.07, 6.45) is 1.46. The minimum absolute atomic E-state index is 0.0364. The van der Waals surface area contributed by atoms with Crippen LogP contribution < -0.4 is 16.4 Å². The molecule has 5 N–H and O–H groups in total. The van der Waals surface area contributed by atoms with Gasteiger partial charge < -0.3 is 26.2 Å². The van der Waals surface area contributed by atoms with Crippen LogP contribution in [-0.2, 0) is 14.3 Å². The van der Waals surface area contributed by atoms with E-state index in [1.54, 1.807) is 0 Å². The second-order valence-corrected chi connectivity index (χ2v) is 5.21. The number of carbonyl (C=O) groups is 3. The molecule has 8 nitrogen and oxygen atoms in total. The van der Waals surface area contributed by atoms with Crippen LogP contribution in [0.25, 0.3) is 0 Å².